The molecule has 0 aromatic heterocycles. The molecule has 0 saturated carbocycles. The SMILES string of the molecule is Nc1c(F)cc(C(=O)NN2CCOCC2)cc1F. The Hall–Kier alpha value is -1.73. The zero-order chi connectivity index (χ0) is 13.1. The van der Waals surface area contributed by atoms with E-state index in [0.717, 1.165) is 12.1 Å². The maximum absolute atomic E-state index is 13.2. The first-order valence-electron chi connectivity index (χ1n) is 5.46. The van der Waals surface area contributed by atoms with Gasteiger partial charge in [-0.2, -0.15) is 0 Å². The number of hydrazine groups is 1. The van der Waals surface area contributed by atoms with Gasteiger partial charge in [-0.25, -0.2) is 13.8 Å². The number of nitrogens with zero attached hydrogens (tertiary/aromatic N) is 1. The van der Waals surface area contributed by atoms with E-state index in [0.29, 0.717) is 26.3 Å². The summed E-state index contributed by atoms with van der Waals surface area (Å²) >= 11 is 0. The molecule has 3 N–H and O–H groups in total. The number of anilines is 1. The van der Waals surface area contributed by atoms with E-state index in [9.17, 15) is 13.6 Å². The minimum absolute atomic E-state index is 0.106. The predicted octanol–water partition coefficient (Wildman–Crippen LogP) is 0.524. The van der Waals surface area contributed by atoms with Gasteiger partial charge in [0.25, 0.3) is 5.91 Å². The predicted molar refractivity (Wildman–Crippen MR) is 60.6 cm³/mol. The molecule has 0 bridgehead atoms. The molecule has 0 spiro atoms. The number of morpholine rings is 1. The molecule has 1 aliphatic rings. The van der Waals surface area contributed by atoms with Gasteiger partial charge in [-0.3, -0.25) is 10.2 Å². The fraction of sp³-hybridized carbons (Fsp3) is 0.364. The minimum Gasteiger partial charge on any atom is -0.394 e. The summed E-state index contributed by atoms with van der Waals surface area (Å²) in [5.41, 5.74) is 6.98. The standard InChI is InChI=1S/C11H13F2N3O2/c12-8-5-7(6-9(13)10(8)14)11(17)15-16-1-3-18-4-2-16/h5-6H,1-4,14H2,(H,15,17). The highest BCUT2D eigenvalue weighted by atomic mass is 19.1. The van der Waals surface area contributed by atoms with E-state index >= 15 is 0 Å². The molecule has 1 aromatic rings. The summed E-state index contributed by atoms with van der Waals surface area (Å²) in [5, 5.41) is 1.64. The largest absolute Gasteiger partial charge is 0.394 e. The summed E-state index contributed by atoms with van der Waals surface area (Å²) in [6.07, 6.45) is 0. The van der Waals surface area contributed by atoms with Gasteiger partial charge in [0.05, 0.1) is 13.2 Å². The normalized spacial score (nSPS) is 16.6. The maximum Gasteiger partial charge on any atom is 0.265 e. The number of rotatable bonds is 2. The number of ether oxygens (including phenoxy) is 1. The fourth-order valence-electron chi connectivity index (χ4n) is 1.60. The zero-order valence-corrected chi connectivity index (χ0v) is 9.58. The molecular weight excluding hydrogens is 244 g/mol. The van der Waals surface area contributed by atoms with Gasteiger partial charge in [0.1, 0.15) is 17.3 Å². The van der Waals surface area contributed by atoms with Crippen LogP contribution in [0.15, 0.2) is 12.1 Å². The van der Waals surface area contributed by atoms with Crippen LogP contribution in [0.25, 0.3) is 0 Å². The zero-order valence-electron chi connectivity index (χ0n) is 9.58. The Morgan fingerprint density at radius 3 is 2.39 bits per heavy atom. The third kappa shape index (κ3) is 2.74. The highest BCUT2D eigenvalue weighted by Gasteiger charge is 2.17. The van der Waals surface area contributed by atoms with Crippen LogP contribution in [-0.2, 0) is 4.74 Å². The summed E-state index contributed by atoms with van der Waals surface area (Å²) in [5.74, 6) is -2.46. The lowest BCUT2D eigenvalue weighted by atomic mass is 10.2. The van der Waals surface area contributed by atoms with Gasteiger partial charge >= 0.3 is 0 Å². The average Bonchev–Trinajstić information content (AvgIpc) is 2.36. The molecule has 1 saturated heterocycles. The third-order valence-corrected chi connectivity index (χ3v) is 2.61. The summed E-state index contributed by atoms with van der Waals surface area (Å²) in [4.78, 5) is 11.8. The third-order valence-electron chi connectivity index (χ3n) is 2.61. The van der Waals surface area contributed by atoms with E-state index in [1.807, 2.05) is 0 Å². The van der Waals surface area contributed by atoms with Crippen LogP contribution >= 0.6 is 0 Å². The van der Waals surface area contributed by atoms with E-state index < -0.39 is 23.2 Å². The molecule has 0 unspecified atom stereocenters. The number of nitrogens with two attached hydrogens (primary N) is 1. The number of nitrogens with one attached hydrogen (secondary N) is 1. The van der Waals surface area contributed by atoms with Crippen molar-refractivity contribution in [1.29, 1.82) is 0 Å². The average molecular weight is 257 g/mol. The number of halogens is 2. The van der Waals surface area contributed by atoms with E-state index in [2.05, 4.69) is 5.43 Å². The Morgan fingerprint density at radius 2 is 1.83 bits per heavy atom. The molecular formula is C11H13F2N3O2. The number of carbonyl (C=O) groups excluding carboxylic acids is 1. The highest BCUT2D eigenvalue weighted by molar-refractivity contribution is 5.94. The Bertz CT molecular complexity index is 439. The van der Waals surface area contributed by atoms with Crippen molar-refractivity contribution in [3.8, 4) is 0 Å². The van der Waals surface area contributed by atoms with Gasteiger partial charge < -0.3 is 10.5 Å². The lowest BCUT2D eigenvalue weighted by Crippen LogP contribution is -2.48. The van der Waals surface area contributed by atoms with Gasteiger partial charge in [-0.1, -0.05) is 0 Å². The van der Waals surface area contributed by atoms with Crippen LogP contribution < -0.4 is 11.2 Å². The number of benzene rings is 1. The Morgan fingerprint density at radius 1 is 1.28 bits per heavy atom. The highest BCUT2D eigenvalue weighted by Crippen LogP contribution is 2.17. The molecule has 0 aliphatic carbocycles. The number of hydrogen-bond donors (Lipinski definition) is 2. The first-order chi connectivity index (χ1) is 8.58. The van der Waals surface area contributed by atoms with Crippen molar-refractivity contribution in [1.82, 2.24) is 10.4 Å². The number of amides is 1. The van der Waals surface area contributed by atoms with Crippen molar-refractivity contribution >= 4 is 11.6 Å². The van der Waals surface area contributed by atoms with Crippen LogP contribution in [0, 0.1) is 11.6 Å². The summed E-state index contributed by atoms with van der Waals surface area (Å²) in [6, 6.07) is 1.82. The second-order valence-corrected chi connectivity index (χ2v) is 3.89. The lowest BCUT2D eigenvalue weighted by Gasteiger charge is -2.26. The Labute approximate surface area is 102 Å². The van der Waals surface area contributed by atoms with Crippen LogP contribution in [0.1, 0.15) is 10.4 Å². The van der Waals surface area contributed by atoms with Crippen molar-refractivity contribution in [3.05, 3.63) is 29.3 Å². The lowest BCUT2D eigenvalue weighted by molar-refractivity contribution is 0.0126. The van der Waals surface area contributed by atoms with Gasteiger partial charge in [0.15, 0.2) is 0 Å². The molecule has 1 amide bonds. The summed E-state index contributed by atoms with van der Waals surface area (Å²) in [6.45, 7) is 2.08. The Kier molecular flexibility index (Phi) is 3.73. The molecule has 5 nitrogen and oxygen atoms in total. The number of hydrogen-bond acceptors (Lipinski definition) is 4. The minimum atomic E-state index is -0.942. The molecule has 1 fully saturated rings. The molecule has 18 heavy (non-hydrogen) atoms. The van der Waals surface area contributed by atoms with Crippen LogP contribution in [0.5, 0.6) is 0 Å². The van der Waals surface area contributed by atoms with E-state index in [4.69, 9.17) is 10.5 Å². The van der Waals surface area contributed by atoms with Gasteiger partial charge in [-0.15, -0.1) is 0 Å². The molecule has 1 aromatic carbocycles. The quantitative estimate of drug-likeness (QED) is 0.758. The first-order valence-corrected chi connectivity index (χ1v) is 5.46. The van der Waals surface area contributed by atoms with Crippen LogP contribution in [0.2, 0.25) is 0 Å². The van der Waals surface area contributed by atoms with Crippen LogP contribution in [0.3, 0.4) is 0 Å². The number of carbonyl (C=O) groups is 1. The summed E-state index contributed by atoms with van der Waals surface area (Å²) < 4.78 is 31.5. The fourth-order valence-corrected chi connectivity index (χ4v) is 1.60. The van der Waals surface area contributed by atoms with E-state index in [1.54, 1.807) is 5.01 Å². The van der Waals surface area contributed by atoms with Crippen molar-refractivity contribution in [2.24, 2.45) is 0 Å². The molecule has 0 atom stereocenters. The summed E-state index contributed by atoms with van der Waals surface area (Å²) in [7, 11) is 0. The molecule has 2 rings (SSSR count). The van der Waals surface area contributed by atoms with Crippen molar-refractivity contribution < 1.29 is 18.3 Å². The first kappa shape index (κ1) is 12.7. The molecule has 98 valence electrons. The van der Waals surface area contributed by atoms with Crippen molar-refractivity contribution in [3.63, 3.8) is 0 Å². The van der Waals surface area contributed by atoms with E-state index in [1.165, 1.54) is 0 Å². The molecule has 0 radical (unpaired) electrons. The molecule has 1 heterocycles. The van der Waals surface area contributed by atoms with Gasteiger partial charge in [0.2, 0.25) is 0 Å². The van der Waals surface area contributed by atoms with Gasteiger partial charge in [-0.05, 0) is 12.1 Å². The van der Waals surface area contributed by atoms with Crippen LogP contribution in [0.4, 0.5) is 14.5 Å². The van der Waals surface area contributed by atoms with Crippen LogP contribution in [-0.4, -0.2) is 37.2 Å². The van der Waals surface area contributed by atoms with Crippen molar-refractivity contribution in [2.45, 2.75) is 0 Å². The number of nitrogen functional groups attached to an aromatic ring is 1. The van der Waals surface area contributed by atoms with E-state index in [-0.39, 0.29) is 5.56 Å². The molecule has 1 aliphatic heterocycles. The Balaban J connectivity index is 2.08. The monoisotopic (exact) mass is 257 g/mol. The second kappa shape index (κ2) is 5.28. The van der Waals surface area contributed by atoms with Crippen molar-refractivity contribution in [2.75, 3.05) is 32.0 Å². The molecule has 7 heteroatoms. The van der Waals surface area contributed by atoms with Gasteiger partial charge in [0, 0.05) is 18.7 Å². The topological polar surface area (TPSA) is 67.6 Å². The smallest absolute Gasteiger partial charge is 0.265 e. The maximum atomic E-state index is 13.2. The second-order valence-electron chi connectivity index (χ2n) is 3.89.